The van der Waals surface area contributed by atoms with Crippen molar-refractivity contribution < 1.29 is 17.4 Å². The Labute approximate surface area is 378 Å². The maximum atomic E-state index is 2.94. The summed E-state index contributed by atoms with van der Waals surface area (Å²) in [6.07, 6.45) is 25.2. The molecule has 4 unspecified atom stereocenters. The van der Waals surface area contributed by atoms with Gasteiger partial charge in [-0.3, -0.25) is 0 Å². The minimum absolute atomic E-state index is 0. The fraction of sp³-hybridized carbons (Fsp3) is 0.500. The molecule has 0 saturated heterocycles. The number of halogens is 2. The first-order valence-electron chi connectivity index (χ1n) is 23.8. The van der Waals surface area contributed by atoms with Gasteiger partial charge in [-0.1, -0.05) is 0 Å². The molecule has 4 fully saturated rings. The van der Waals surface area contributed by atoms with E-state index < -0.39 is 17.4 Å². The maximum absolute atomic E-state index is 3.91. The van der Waals surface area contributed by atoms with Crippen molar-refractivity contribution in [2.45, 2.75) is 146 Å². The second-order valence-corrected chi connectivity index (χ2v) is 52.8. The summed E-state index contributed by atoms with van der Waals surface area (Å²) in [5.41, 5.74) is 19.8. The predicted molar refractivity (Wildman–Crippen MR) is 265 cm³/mol. The van der Waals surface area contributed by atoms with Crippen molar-refractivity contribution >= 4 is 43.8 Å². The van der Waals surface area contributed by atoms with Crippen molar-refractivity contribution in [1.82, 2.24) is 0 Å². The van der Waals surface area contributed by atoms with E-state index in [1.807, 2.05) is 11.1 Å². The number of rotatable bonds is 12. The summed E-state index contributed by atoms with van der Waals surface area (Å²) in [6.45, 7) is 12.0. The van der Waals surface area contributed by atoms with Crippen molar-refractivity contribution in [2.24, 2.45) is 22.7 Å². The zero-order valence-electron chi connectivity index (χ0n) is 37.6. The number of benzene rings is 4. The van der Waals surface area contributed by atoms with Crippen LogP contribution < -0.4 is 0 Å². The van der Waals surface area contributed by atoms with Crippen LogP contribution in [-0.2, 0) is 17.4 Å². The van der Waals surface area contributed by atoms with Crippen LogP contribution in [0.2, 0.25) is 9.26 Å². The van der Waals surface area contributed by atoms with Crippen LogP contribution in [0.4, 0.5) is 0 Å². The van der Waals surface area contributed by atoms with E-state index in [0.717, 1.165) is 11.8 Å². The third kappa shape index (κ3) is 7.54. The van der Waals surface area contributed by atoms with Crippen molar-refractivity contribution in [2.75, 3.05) is 0 Å². The first-order chi connectivity index (χ1) is 27.9. The van der Waals surface area contributed by atoms with Crippen molar-refractivity contribution in [3.8, 4) is 22.3 Å². The molecule has 4 bridgehead atoms. The Kier molecular flexibility index (Phi) is 12.3. The molecule has 6 aliphatic carbocycles. The number of hydrogen-bond donors (Lipinski definition) is 0. The summed E-state index contributed by atoms with van der Waals surface area (Å²) < 4.78 is 7.02. The third-order valence-electron chi connectivity index (χ3n) is 17.9. The molecule has 4 aromatic carbocycles. The Hall–Kier alpha value is -1.96. The fourth-order valence-electron chi connectivity index (χ4n) is 14.6. The molecule has 6 aliphatic rings. The summed E-state index contributed by atoms with van der Waals surface area (Å²) in [4.78, 5) is 0. The minimum Gasteiger partial charge on any atom is -0.147 e. The maximum Gasteiger partial charge on any atom is -0.147 e. The van der Waals surface area contributed by atoms with Crippen molar-refractivity contribution in [3.05, 3.63) is 129 Å². The van der Waals surface area contributed by atoms with Gasteiger partial charge in [0.25, 0.3) is 0 Å². The third-order valence-corrected chi connectivity index (χ3v) is 35.4. The van der Waals surface area contributed by atoms with E-state index in [1.165, 1.54) is 123 Å². The van der Waals surface area contributed by atoms with Crippen molar-refractivity contribution in [1.29, 1.82) is 0 Å². The van der Waals surface area contributed by atoms with Crippen LogP contribution >= 0.6 is 24.8 Å². The zero-order valence-corrected chi connectivity index (χ0v) is 43.1. The molecule has 0 amide bonds. The Morgan fingerprint density at radius 1 is 0.567 bits per heavy atom. The molecule has 0 N–H and O–H groups in total. The van der Waals surface area contributed by atoms with Crippen LogP contribution in [0.1, 0.15) is 170 Å². The topological polar surface area (TPSA) is 0 Å². The number of allylic oxidation sites excluding steroid dienone is 2. The van der Waals surface area contributed by atoms with Gasteiger partial charge in [0.2, 0.25) is 0 Å². The van der Waals surface area contributed by atoms with E-state index in [0.29, 0.717) is 29.9 Å². The summed E-state index contributed by atoms with van der Waals surface area (Å²) in [6, 6.07) is 34.4. The zero-order chi connectivity index (χ0) is 40.1. The average molecular weight is 935 g/mol. The quantitative estimate of drug-likeness (QED) is 0.124. The van der Waals surface area contributed by atoms with Crippen LogP contribution in [0.25, 0.3) is 34.4 Å². The average Bonchev–Trinajstić information content (AvgIpc) is 4.10. The van der Waals surface area contributed by atoms with Gasteiger partial charge in [0.05, 0.1) is 0 Å². The van der Waals surface area contributed by atoms with Crippen LogP contribution in [0.5, 0.6) is 0 Å². The van der Waals surface area contributed by atoms with Gasteiger partial charge in [-0.2, -0.15) is 0 Å². The van der Waals surface area contributed by atoms with Gasteiger partial charge in [0, 0.05) is 0 Å². The SMILES string of the molecule is CCC(C)c1ccc(-c2cccc3c2C=C(CC24CCC(CC2)C4)[CH]3[Zr]([CH3])([CH3])(=[SiH2])[CH]2C(CC34CCC(CC3)C4)=Cc3c(-c4ccc(C(C)CC)cc4)cccc32)cc1.Cl.Cl. The summed E-state index contributed by atoms with van der Waals surface area (Å²) in [5.74, 6) is 3.16. The summed E-state index contributed by atoms with van der Waals surface area (Å²) in [5, 5.41) is 0. The van der Waals surface area contributed by atoms with E-state index >= 15 is 0 Å². The van der Waals surface area contributed by atoms with Gasteiger partial charge in [-0.25, -0.2) is 0 Å². The Morgan fingerprint density at radius 2 is 0.933 bits per heavy atom. The smallest absolute Gasteiger partial charge is 0.147 e. The Balaban J connectivity index is 0.00000249. The van der Waals surface area contributed by atoms with Gasteiger partial charge in [-0.05, 0) is 0 Å². The minimum atomic E-state index is -3.91. The van der Waals surface area contributed by atoms with E-state index in [9.17, 15) is 0 Å². The molecule has 0 spiro atoms. The molecule has 0 heterocycles. The second kappa shape index (κ2) is 16.5. The van der Waals surface area contributed by atoms with Crippen LogP contribution in [0.3, 0.4) is 0 Å². The number of hydrogen-bond acceptors (Lipinski definition) is 0. The van der Waals surface area contributed by atoms with E-state index in [1.54, 1.807) is 22.3 Å². The molecule has 4 aromatic rings. The van der Waals surface area contributed by atoms with Crippen molar-refractivity contribution in [3.63, 3.8) is 0 Å². The molecule has 0 aliphatic heterocycles. The molecule has 0 radical (unpaired) electrons. The van der Waals surface area contributed by atoms with Crippen LogP contribution in [-0.4, -0.2) is 6.88 Å². The molecule has 10 rings (SSSR count). The fourth-order valence-corrected chi connectivity index (χ4v) is 34.3. The summed E-state index contributed by atoms with van der Waals surface area (Å²) >= 11 is -3.91. The molecule has 0 nitrogen and oxygen atoms in total. The molecule has 4 saturated carbocycles. The molecular formula is C56H72Cl2SiZr. The standard InChI is InChI=1S/2C27H31.2CH3.2ClH.H2Si.Zr/c2*1-3-19(2)22-7-9-23(10-8-22)25-6-4-5-24-15-21(16-26(24)25)18-27-13-11-20(17-27)12-14-27;;;;;;/h2*4-10,15-16,19-20H,3,11-14,17-18H2,1-2H3;2*1H3;2*1H;1H2;. The largest absolute Gasteiger partial charge is 0.147 e. The molecular weight excluding hydrogens is 863 g/mol. The van der Waals surface area contributed by atoms with E-state index in [-0.39, 0.29) is 24.8 Å². The molecule has 0 aromatic heterocycles. The van der Waals surface area contributed by atoms with Gasteiger partial charge in [0.1, 0.15) is 0 Å². The first-order valence-corrected chi connectivity index (χ1v) is 37.5. The van der Waals surface area contributed by atoms with Crippen LogP contribution in [0, 0.1) is 22.7 Å². The number of fused-ring (bicyclic) bond motifs is 6. The Bertz CT molecular complexity index is 2200. The van der Waals surface area contributed by atoms with Gasteiger partial charge < -0.3 is 0 Å². The second-order valence-electron chi connectivity index (χ2n) is 22.4. The molecule has 318 valence electrons. The molecule has 4 heteroatoms. The van der Waals surface area contributed by atoms with Gasteiger partial charge in [-0.15, -0.1) is 24.8 Å². The van der Waals surface area contributed by atoms with Gasteiger partial charge in [0.15, 0.2) is 0 Å². The van der Waals surface area contributed by atoms with Crippen LogP contribution in [0.15, 0.2) is 96.1 Å². The summed E-state index contributed by atoms with van der Waals surface area (Å²) in [7, 11) is 0. The molecule has 60 heavy (non-hydrogen) atoms. The molecule has 4 atom stereocenters. The predicted octanol–water partition coefficient (Wildman–Crippen LogP) is 16.7. The van der Waals surface area contributed by atoms with Gasteiger partial charge >= 0.3 is 357 Å². The Morgan fingerprint density at radius 3 is 1.25 bits per heavy atom. The van der Waals surface area contributed by atoms with E-state index in [4.69, 9.17) is 0 Å². The monoisotopic (exact) mass is 932 g/mol. The van der Waals surface area contributed by atoms with E-state index in [2.05, 4.69) is 141 Å². The normalized spacial score (nSPS) is 28.4. The first kappa shape index (κ1) is 44.6.